The van der Waals surface area contributed by atoms with Crippen molar-refractivity contribution in [2.24, 2.45) is 0 Å². The molecular formula is C13H10ClFN2O2. The first-order valence-electron chi connectivity index (χ1n) is 5.40. The second-order valence-electron chi connectivity index (χ2n) is 3.88. The van der Waals surface area contributed by atoms with Crippen molar-refractivity contribution >= 4 is 23.2 Å². The lowest BCUT2D eigenvalue weighted by atomic mass is 10.1. The number of nitrogens with one attached hydrogen (secondary N) is 1. The van der Waals surface area contributed by atoms with Crippen LogP contribution in [0.2, 0.25) is 5.15 Å². The van der Waals surface area contributed by atoms with Crippen LogP contribution in [0.3, 0.4) is 0 Å². The summed E-state index contributed by atoms with van der Waals surface area (Å²) in [5.74, 6) is -1.52. The number of carbonyl (C=O) groups excluding carboxylic acids is 1. The third kappa shape index (κ3) is 3.00. The van der Waals surface area contributed by atoms with Gasteiger partial charge in [0, 0.05) is 0 Å². The van der Waals surface area contributed by atoms with E-state index in [-0.39, 0.29) is 11.3 Å². The summed E-state index contributed by atoms with van der Waals surface area (Å²) in [4.78, 5) is 15.9. The van der Waals surface area contributed by atoms with Crippen LogP contribution in [0, 0.1) is 12.7 Å². The van der Waals surface area contributed by atoms with Crippen molar-refractivity contribution in [2.75, 3.05) is 5.32 Å². The van der Waals surface area contributed by atoms with E-state index in [1.54, 1.807) is 13.0 Å². The van der Waals surface area contributed by atoms with Crippen LogP contribution in [0.15, 0.2) is 30.3 Å². The second-order valence-corrected chi connectivity index (χ2v) is 4.27. The summed E-state index contributed by atoms with van der Waals surface area (Å²) in [5, 5.41) is 12.4. The van der Waals surface area contributed by atoms with E-state index in [0.717, 1.165) is 18.2 Å². The molecule has 6 heteroatoms. The van der Waals surface area contributed by atoms with Crippen molar-refractivity contribution in [3.63, 3.8) is 0 Å². The molecule has 0 aliphatic rings. The average molecular weight is 281 g/mol. The van der Waals surface area contributed by atoms with Crippen molar-refractivity contribution in [1.29, 1.82) is 0 Å². The molecule has 2 N–H and O–H groups in total. The lowest BCUT2D eigenvalue weighted by Gasteiger charge is -2.09. The Morgan fingerprint density at radius 3 is 2.79 bits per heavy atom. The summed E-state index contributed by atoms with van der Waals surface area (Å²) in [7, 11) is 0. The average Bonchev–Trinajstić information content (AvgIpc) is 2.35. The number of phenolic OH excluding ortho intramolecular Hbond substituents is 1. The lowest BCUT2D eigenvalue weighted by Crippen LogP contribution is -2.13. The number of benzene rings is 1. The summed E-state index contributed by atoms with van der Waals surface area (Å²) in [6, 6.07) is 6.26. The maximum atomic E-state index is 13.1. The minimum absolute atomic E-state index is 0.144. The molecule has 1 aromatic carbocycles. The van der Waals surface area contributed by atoms with Crippen molar-refractivity contribution in [2.45, 2.75) is 6.92 Å². The van der Waals surface area contributed by atoms with Gasteiger partial charge in [0.1, 0.15) is 16.7 Å². The molecule has 0 bridgehead atoms. The summed E-state index contributed by atoms with van der Waals surface area (Å²) in [6.07, 6.45) is 0. The zero-order chi connectivity index (χ0) is 14.0. The molecule has 0 fully saturated rings. The van der Waals surface area contributed by atoms with Gasteiger partial charge in [0.05, 0.1) is 16.9 Å². The number of hydrogen-bond acceptors (Lipinski definition) is 3. The van der Waals surface area contributed by atoms with Crippen molar-refractivity contribution in [1.82, 2.24) is 4.98 Å². The van der Waals surface area contributed by atoms with Crippen LogP contribution in [0.25, 0.3) is 0 Å². The summed E-state index contributed by atoms with van der Waals surface area (Å²) >= 11 is 5.70. The number of pyridine rings is 1. The second kappa shape index (κ2) is 5.24. The molecule has 2 aromatic rings. The Kier molecular flexibility index (Phi) is 3.66. The number of aromatic hydroxyl groups is 1. The molecule has 98 valence electrons. The Labute approximate surface area is 113 Å². The number of rotatable bonds is 2. The van der Waals surface area contributed by atoms with Crippen LogP contribution in [0.1, 0.15) is 16.1 Å². The molecule has 0 saturated heterocycles. The zero-order valence-corrected chi connectivity index (χ0v) is 10.7. The van der Waals surface area contributed by atoms with Gasteiger partial charge in [-0.1, -0.05) is 11.6 Å². The lowest BCUT2D eigenvalue weighted by molar-refractivity contribution is 0.102. The Morgan fingerprint density at radius 1 is 1.37 bits per heavy atom. The maximum Gasteiger partial charge on any atom is 0.259 e. The van der Waals surface area contributed by atoms with Crippen LogP contribution < -0.4 is 5.32 Å². The van der Waals surface area contributed by atoms with Crippen LogP contribution in [0.4, 0.5) is 10.1 Å². The van der Waals surface area contributed by atoms with Crippen molar-refractivity contribution in [3.8, 4) is 5.75 Å². The molecule has 1 amide bonds. The Hall–Kier alpha value is -2.14. The smallest absolute Gasteiger partial charge is 0.259 e. The number of halogens is 2. The van der Waals surface area contributed by atoms with Gasteiger partial charge in [-0.05, 0) is 37.3 Å². The van der Waals surface area contributed by atoms with E-state index in [4.69, 9.17) is 11.6 Å². The largest absolute Gasteiger partial charge is 0.507 e. The Morgan fingerprint density at radius 2 is 2.11 bits per heavy atom. The van der Waals surface area contributed by atoms with Crippen molar-refractivity contribution in [3.05, 3.63) is 52.6 Å². The van der Waals surface area contributed by atoms with Gasteiger partial charge < -0.3 is 10.4 Å². The molecule has 0 aliphatic heterocycles. The fourth-order valence-electron chi connectivity index (χ4n) is 1.54. The van der Waals surface area contributed by atoms with Gasteiger partial charge >= 0.3 is 0 Å². The Bertz CT molecular complexity index is 647. The van der Waals surface area contributed by atoms with E-state index in [1.807, 2.05) is 0 Å². The van der Waals surface area contributed by atoms with Gasteiger partial charge in [0.2, 0.25) is 0 Å². The van der Waals surface area contributed by atoms with E-state index >= 15 is 0 Å². The molecule has 0 unspecified atom stereocenters. The molecule has 2 rings (SSSR count). The van der Waals surface area contributed by atoms with E-state index in [9.17, 15) is 14.3 Å². The van der Waals surface area contributed by atoms with Crippen LogP contribution >= 0.6 is 11.6 Å². The SMILES string of the molecule is Cc1nc(Cl)ccc1NC(=O)c1cc(F)ccc1O. The standard InChI is InChI=1S/C13H10ClFN2O2/c1-7-10(3-5-12(14)16-7)17-13(19)9-6-8(15)2-4-11(9)18/h2-6,18H,1H3,(H,17,19). The fourth-order valence-corrected chi connectivity index (χ4v) is 1.73. The first kappa shape index (κ1) is 13.3. The third-order valence-corrected chi connectivity index (χ3v) is 2.71. The molecule has 19 heavy (non-hydrogen) atoms. The number of aryl methyl sites for hydroxylation is 1. The highest BCUT2D eigenvalue weighted by Gasteiger charge is 2.13. The molecule has 1 heterocycles. The predicted molar refractivity (Wildman–Crippen MR) is 70.0 cm³/mol. The maximum absolute atomic E-state index is 13.1. The topological polar surface area (TPSA) is 62.2 Å². The third-order valence-electron chi connectivity index (χ3n) is 2.50. The van der Waals surface area contributed by atoms with E-state index in [0.29, 0.717) is 16.5 Å². The number of carbonyl (C=O) groups is 1. The number of aromatic nitrogens is 1. The van der Waals surface area contributed by atoms with Crippen LogP contribution in [-0.4, -0.2) is 16.0 Å². The van der Waals surface area contributed by atoms with Crippen LogP contribution in [-0.2, 0) is 0 Å². The van der Waals surface area contributed by atoms with Gasteiger partial charge in [0.25, 0.3) is 5.91 Å². The van der Waals surface area contributed by atoms with Gasteiger partial charge in [-0.15, -0.1) is 0 Å². The molecule has 0 spiro atoms. The van der Waals surface area contributed by atoms with Gasteiger partial charge in [-0.3, -0.25) is 4.79 Å². The highest BCUT2D eigenvalue weighted by atomic mass is 35.5. The number of phenols is 1. The van der Waals surface area contributed by atoms with E-state index < -0.39 is 11.7 Å². The monoisotopic (exact) mass is 280 g/mol. The number of hydrogen-bond donors (Lipinski definition) is 2. The molecule has 0 aliphatic carbocycles. The van der Waals surface area contributed by atoms with Gasteiger partial charge in [-0.2, -0.15) is 0 Å². The highest BCUT2D eigenvalue weighted by Crippen LogP contribution is 2.21. The van der Waals surface area contributed by atoms with Crippen molar-refractivity contribution < 1.29 is 14.3 Å². The van der Waals surface area contributed by atoms with E-state index in [1.165, 1.54) is 6.07 Å². The molecular weight excluding hydrogens is 271 g/mol. The molecule has 0 saturated carbocycles. The predicted octanol–water partition coefficient (Wildman–Crippen LogP) is 3.14. The minimum atomic E-state index is -0.621. The quantitative estimate of drug-likeness (QED) is 0.831. The minimum Gasteiger partial charge on any atom is -0.507 e. The summed E-state index contributed by atoms with van der Waals surface area (Å²) in [6.45, 7) is 1.67. The summed E-state index contributed by atoms with van der Waals surface area (Å²) < 4.78 is 13.1. The number of amides is 1. The van der Waals surface area contributed by atoms with Crippen LogP contribution in [0.5, 0.6) is 5.75 Å². The normalized spacial score (nSPS) is 10.3. The van der Waals surface area contributed by atoms with E-state index in [2.05, 4.69) is 10.3 Å². The zero-order valence-electron chi connectivity index (χ0n) is 9.95. The number of anilines is 1. The van der Waals surface area contributed by atoms with Gasteiger partial charge in [-0.25, -0.2) is 9.37 Å². The highest BCUT2D eigenvalue weighted by molar-refractivity contribution is 6.29. The first-order chi connectivity index (χ1) is 8.97. The first-order valence-corrected chi connectivity index (χ1v) is 5.78. The number of nitrogens with zero attached hydrogens (tertiary/aromatic N) is 1. The summed E-state index contributed by atoms with van der Waals surface area (Å²) in [5.41, 5.74) is 0.823. The molecule has 0 atom stereocenters. The Balaban J connectivity index is 2.28. The molecule has 4 nitrogen and oxygen atoms in total. The molecule has 1 aromatic heterocycles. The molecule has 0 radical (unpaired) electrons. The fraction of sp³-hybridized carbons (Fsp3) is 0.0769. The van der Waals surface area contributed by atoms with Gasteiger partial charge in [0.15, 0.2) is 0 Å².